The number of piperidine rings is 1. The van der Waals surface area contributed by atoms with Crippen molar-refractivity contribution in [3.63, 3.8) is 0 Å². The normalized spacial score (nSPS) is 16.2. The van der Waals surface area contributed by atoms with E-state index in [9.17, 15) is 26.4 Å². The van der Waals surface area contributed by atoms with E-state index in [0.717, 1.165) is 11.2 Å². The number of carbonyl (C=O) groups excluding carboxylic acids is 1. The highest BCUT2D eigenvalue weighted by atomic mass is 32.2. The zero-order valence-corrected chi connectivity index (χ0v) is 21.5. The Balaban J connectivity index is 1.84. The van der Waals surface area contributed by atoms with Crippen LogP contribution in [0.4, 0.5) is 29.0 Å². The van der Waals surface area contributed by atoms with Crippen LogP contribution in [0.25, 0.3) is 10.6 Å². The van der Waals surface area contributed by atoms with Crippen molar-refractivity contribution >= 4 is 38.5 Å². The molecule has 10 nitrogen and oxygen atoms in total. The lowest BCUT2D eigenvalue weighted by Gasteiger charge is -2.30. The number of carbonyl (C=O) groups is 1. The van der Waals surface area contributed by atoms with Crippen LogP contribution in [0.3, 0.4) is 0 Å². The Bertz CT molecular complexity index is 1170. The minimum Gasteiger partial charge on any atom is -0.443 e. The number of aromatic nitrogens is 3. The number of thiazole rings is 1. The third kappa shape index (κ3) is 7.01. The second kappa shape index (κ2) is 9.85. The second-order valence-corrected chi connectivity index (χ2v) is 12.0. The quantitative estimate of drug-likeness (QED) is 0.613. The Labute approximate surface area is 205 Å². The van der Waals surface area contributed by atoms with Crippen LogP contribution in [0.5, 0.6) is 0 Å². The first-order chi connectivity index (χ1) is 16.0. The monoisotopic (exact) mass is 536 g/mol. The van der Waals surface area contributed by atoms with E-state index in [2.05, 4.69) is 20.3 Å². The molecule has 0 saturated carbocycles. The van der Waals surface area contributed by atoms with Gasteiger partial charge in [-0.25, -0.2) is 32.5 Å². The van der Waals surface area contributed by atoms with Gasteiger partial charge in [0.15, 0.2) is 10.8 Å². The first-order valence-corrected chi connectivity index (χ1v) is 13.3. The van der Waals surface area contributed by atoms with E-state index in [0.29, 0.717) is 37.3 Å². The van der Waals surface area contributed by atoms with E-state index >= 15 is 0 Å². The number of rotatable bonds is 5. The summed E-state index contributed by atoms with van der Waals surface area (Å²) >= 11 is 0.662. The number of nitrogens with zero attached hydrogens (tertiary/aromatic N) is 5. The highest BCUT2D eigenvalue weighted by Gasteiger charge is 2.39. The summed E-state index contributed by atoms with van der Waals surface area (Å²) in [5.41, 5.74) is -2.01. The number of halogens is 3. The van der Waals surface area contributed by atoms with Gasteiger partial charge in [0.05, 0.1) is 16.8 Å². The standard InChI is InChI=1S/C20H27F3N6O4S2/c1-19(2,3)33-18(30)28(4)17-27-15(20(21,22)23)14(34-17)13-6-9-24-16(26-13)25-12-7-10-29(11-8-12)35(5,31)32/h6,9,12H,7-8,10-11H2,1-5H3,(H,24,25,26). The summed E-state index contributed by atoms with van der Waals surface area (Å²) in [5, 5.41) is 2.88. The molecule has 0 radical (unpaired) electrons. The molecule has 1 fully saturated rings. The molecule has 15 heteroatoms. The van der Waals surface area contributed by atoms with E-state index in [1.54, 1.807) is 20.8 Å². The van der Waals surface area contributed by atoms with Gasteiger partial charge in [0.25, 0.3) is 0 Å². The van der Waals surface area contributed by atoms with Crippen LogP contribution < -0.4 is 10.2 Å². The lowest BCUT2D eigenvalue weighted by Crippen LogP contribution is -2.42. The molecule has 2 aromatic rings. The minimum absolute atomic E-state index is 0.00950. The fourth-order valence-corrected chi connectivity index (χ4v) is 5.18. The first-order valence-electron chi connectivity index (χ1n) is 10.6. The van der Waals surface area contributed by atoms with Crippen molar-refractivity contribution in [2.75, 3.05) is 36.6 Å². The summed E-state index contributed by atoms with van der Waals surface area (Å²) in [7, 11) is -2.00. The molecule has 0 aliphatic carbocycles. The van der Waals surface area contributed by atoms with Gasteiger partial charge in [0.2, 0.25) is 16.0 Å². The van der Waals surface area contributed by atoms with E-state index in [1.807, 2.05) is 0 Å². The summed E-state index contributed by atoms with van der Waals surface area (Å²) in [4.78, 5) is 25.0. The number of amides is 1. The minimum atomic E-state index is -4.78. The van der Waals surface area contributed by atoms with Crippen molar-refractivity contribution in [3.8, 4) is 10.6 Å². The van der Waals surface area contributed by atoms with E-state index in [-0.39, 0.29) is 27.7 Å². The fourth-order valence-electron chi connectivity index (χ4n) is 3.30. The predicted octanol–water partition coefficient (Wildman–Crippen LogP) is 3.83. The van der Waals surface area contributed by atoms with Crippen LogP contribution in [0.2, 0.25) is 0 Å². The smallest absolute Gasteiger partial charge is 0.434 e. The molecule has 2 aromatic heterocycles. The Kier molecular flexibility index (Phi) is 7.62. The molecule has 0 unspecified atom stereocenters. The van der Waals surface area contributed by atoms with Crippen LogP contribution in [0.15, 0.2) is 12.3 Å². The lowest BCUT2D eigenvalue weighted by molar-refractivity contribution is -0.140. The number of ether oxygens (including phenoxy) is 1. The molecule has 3 rings (SSSR count). The van der Waals surface area contributed by atoms with Gasteiger partial charge < -0.3 is 10.1 Å². The van der Waals surface area contributed by atoms with Gasteiger partial charge in [-0.3, -0.25) is 4.90 Å². The van der Waals surface area contributed by atoms with Crippen LogP contribution in [-0.4, -0.2) is 71.8 Å². The van der Waals surface area contributed by atoms with Crippen molar-refractivity contribution in [3.05, 3.63) is 18.0 Å². The number of hydrogen-bond acceptors (Lipinski definition) is 9. The molecule has 35 heavy (non-hydrogen) atoms. The lowest BCUT2D eigenvalue weighted by atomic mass is 10.1. The van der Waals surface area contributed by atoms with E-state index in [4.69, 9.17) is 4.74 Å². The molecule has 0 atom stereocenters. The summed E-state index contributed by atoms with van der Waals surface area (Å²) in [5.74, 6) is 0.115. The third-order valence-electron chi connectivity index (χ3n) is 4.98. The molecule has 0 bridgehead atoms. The molecule has 1 saturated heterocycles. The van der Waals surface area contributed by atoms with Crippen molar-refractivity contribution in [1.29, 1.82) is 0 Å². The Morgan fingerprint density at radius 1 is 1.23 bits per heavy atom. The average Bonchev–Trinajstić information content (AvgIpc) is 3.18. The summed E-state index contributed by atoms with van der Waals surface area (Å²) in [6, 6.07) is 1.19. The molecule has 1 aliphatic heterocycles. The van der Waals surface area contributed by atoms with Crippen LogP contribution in [0.1, 0.15) is 39.3 Å². The number of hydrogen-bond donors (Lipinski definition) is 1. The van der Waals surface area contributed by atoms with Gasteiger partial charge >= 0.3 is 12.3 Å². The number of nitrogens with one attached hydrogen (secondary N) is 1. The summed E-state index contributed by atoms with van der Waals surface area (Å²) in [6.07, 6.45) is -2.14. The highest BCUT2D eigenvalue weighted by molar-refractivity contribution is 7.88. The zero-order chi connectivity index (χ0) is 26.2. The SMILES string of the molecule is CN(C(=O)OC(C)(C)C)c1nc(C(F)(F)F)c(-c2ccnc(NC3CCN(S(C)(=O)=O)CC3)n2)s1. The maximum atomic E-state index is 13.8. The van der Waals surface area contributed by atoms with Gasteiger partial charge in [-0.2, -0.15) is 13.2 Å². The van der Waals surface area contributed by atoms with E-state index in [1.165, 1.54) is 23.6 Å². The van der Waals surface area contributed by atoms with Crippen molar-refractivity contribution in [2.45, 2.75) is 51.4 Å². The predicted molar refractivity (Wildman–Crippen MR) is 126 cm³/mol. The third-order valence-corrected chi connectivity index (χ3v) is 7.44. The fraction of sp³-hybridized carbons (Fsp3) is 0.600. The Morgan fingerprint density at radius 3 is 2.40 bits per heavy atom. The summed E-state index contributed by atoms with van der Waals surface area (Å²) in [6.45, 7) is 5.59. The second-order valence-electron chi connectivity index (χ2n) is 9.06. The number of anilines is 2. The van der Waals surface area contributed by atoms with E-state index < -0.39 is 33.6 Å². The Hall–Kier alpha value is -2.52. The molecule has 194 valence electrons. The maximum absolute atomic E-state index is 13.8. The summed E-state index contributed by atoms with van der Waals surface area (Å²) < 4.78 is 71.3. The zero-order valence-electron chi connectivity index (χ0n) is 19.9. The van der Waals surface area contributed by atoms with Crippen LogP contribution in [0, 0.1) is 0 Å². The largest absolute Gasteiger partial charge is 0.443 e. The van der Waals surface area contributed by atoms with Gasteiger partial charge in [0.1, 0.15) is 5.60 Å². The molecular formula is C20H27F3N6O4S2. The van der Waals surface area contributed by atoms with Crippen LogP contribution in [-0.2, 0) is 20.9 Å². The van der Waals surface area contributed by atoms with Gasteiger partial charge in [-0.1, -0.05) is 11.3 Å². The number of sulfonamides is 1. The Morgan fingerprint density at radius 2 is 1.86 bits per heavy atom. The van der Waals surface area contributed by atoms with Crippen molar-refractivity contribution < 1.29 is 31.1 Å². The van der Waals surface area contributed by atoms with Crippen molar-refractivity contribution in [1.82, 2.24) is 19.3 Å². The molecule has 0 aromatic carbocycles. The maximum Gasteiger partial charge on any atom is 0.434 e. The average molecular weight is 537 g/mol. The number of alkyl halides is 3. The highest BCUT2D eigenvalue weighted by Crippen LogP contribution is 2.42. The van der Waals surface area contributed by atoms with Crippen molar-refractivity contribution in [2.24, 2.45) is 0 Å². The molecule has 1 amide bonds. The molecule has 3 heterocycles. The topological polar surface area (TPSA) is 118 Å². The first kappa shape index (κ1) is 27.1. The van der Waals surface area contributed by atoms with Crippen LogP contribution >= 0.6 is 11.3 Å². The van der Waals surface area contributed by atoms with Gasteiger partial charge in [0, 0.05) is 32.4 Å². The molecule has 1 N–H and O–H groups in total. The van der Waals surface area contributed by atoms with Gasteiger partial charge in [-0.05, 0) is 39.7 Å². The molecule has 1 aliphatic rings. The molecular weight excluding hydrogens is 509 g/mol. The molecule has 0 spiro atoms. The van der Waals surface area contributed by atoms with Gasteiger partial charge in [-0.15, -0.1) is 0 Å².